The van der Waals surface area contributed by atoms with Crippen LogP contribution in [0.5, 0.6) is 5.75 Å². The number of aliphatic hydroxyl groups is 1. The van der Waals surface area contributed by atoms with Crippen LogP contribution in [-0.4, -0.2) is 94.3 Å². The second-order valence-corrected chi connectivity index (χ2v) is 11.9. The minimum Gasteiger partial charge on any atom is -0.483 e. The zero-order valence-electron chi connectivity index (χ0n) is 25.0. The number of carbonyl (C=O) groups excluding carboxylic acids is 1. The Morgan fingerprint density at radius 1 is 1.13 bits per heavy atom. The molecule has 12 heteroatoms. The maximum Gasteiger partial charge on any atom is 0.301 e. The van der Waals surface area contributed by atoms with Gasteiger partial charge in [0.25, 0.3) is 5.91 Å². The Kier molecular flexibility index (Phi) is 8.94. The predicted molar refractivity (Wildman–Crippen MR) is 162 cm³/mol. The average Bonchev–Trinajstić information content (AvgIpc) is 3.01. The van der Waals surface area contributed by atoms with Crippen molar-refractivity contribution < 1.29 is 28.2 Å². The molecular weight excluding hydrogens is 582 g/mol. The number of ether oxygens (including phenoxy) is 2. The lowest BCUT2D eigenvalue weighted by molar-refractivity contribution is -0.165. The molecule has 3 aliphatic rings. The topological polar surface area (TPSA) is 124 Å². The third-order valence-electron chi connectivity index (χ3n) is 8.83. The third-order valence-corrected chi connectivity index (χ3v) is 8.83. The van der Waals surface area contributed by atoms with Crippen molar-refractivity contribution >= 4 is 17.5 Å². The average molecular weight is 619 g/mol. The van der Waals surface area contributed by atoms with Crippen LogP contribution in [0.4, 0.5) is 20.4 Å². The molecule has 0 spiro atoms. The molecule has 3 saturated heterocycles. The quantitative estimate of drug-likeness (QED) is 0.380. The van der Waals surface area contributed by atoms with E-state index in [0.717, 1.165) is 49.7 Å². The number of rotatable bonds is 8. The lowest BCUT2D eigenvalue weighted by Gasteiger charge is -2.41. The Balaban J connectivity index is 1.09. The second kappa shape index (κ2) is 13.0. The molecule has 3 aromatic rings. The summed E-state index contributed by atoms with van der Waals surface area (Å²) in [6.07, 6.45) is 0.852. The van der Waals surface area contributed by atoms with E-state index in [4.69, 9.17) is 9.47 Å². The van der Waals surface area contributed by atoms with E-state index in [0.29, 0.717) is 29.2 Å². The summed E-state index contributed by atoms with van der Waals surface area (Å²) in [6.45, 7) is 4.29. The number of aliphatic hydroxyl groups excluding tert-OH is 1. The molecule has 2 N–H and O–H groups in total. The predicted octanol–water partition coefficient (Wildman–Crippen LogP) is 4.33. The fourth-order valence-corrected chi connectivity index (χ4v) is 6.13. The van der Waals surface area contributed by atoms with Gasteiger partial charge in [0, 0.05) is 30.4 Å². The lowest BCUT2D eigenvalue weighted by Crippen LogP contribution is -2.56. The molecule has 1 aromatic heterocycles. The molecule has 0 radical (unpaired) electrons. The molecular formula is C33H36F2N6O4. The highest BCUT2D eigenvalue weighted by molar-refractivity contribution is 5.80. The van der Waals surface area contributed by atoms with Gasteiger partial charge in [0.2, 0.25) is 5.95 Å². The van der Waals surface area contributed by atoms with E-state index in [1.54, 1.807) is 24.4 Å². The van der Waals surface area contributed by atoms with Gasteiger partial charge < -0.3 is 24.8 Å². The number of halogens is 2. The maximum absolute atomic E-state index is 14.9. The molecule has 45 heavy (non-hydrogen) atoms. The van der Waals surface area contributed by atoms with E-state index >= 15 is 0 Å². The highest BCUT2D eigenvalue weighted by atomic mass is 19.3. The van der Waals surface area contributed by atoms with Gasteiger partial charge >= 0.3 is 5.92 Å². The molecule has 6 rings (SSSR count). The summed E-state index contributed by atoms with van der Waals surface area (Å²) < 4.78 is 40.7. The van der Waals surface area contributed by atoms with Crippen molar-refractivity contribution in [2.45, 2.75) is 56.3 Å². The van der Waals surface area contributed by atoms with Gasteiger partial charge in [-0.15, -0.1) is 0 Å². The number of nitrogens with zero attached hydrogens (tertiary/aromatic N) is 5. The molecule has 236 valence electrons. The number of aromatic nitrogens is 2. The van der Waals surface area contributed by atoms with E-state index in [2.05, 4.69) is 32.3 Å². The molecule has 10 nitrogen and oxygen atoms in total. The minimum atomic E-state index is -3.36. The van der Waals surface area contributed by atoms with E-state index < -0.39 is 30.6 Å². The summed E-state index contributed by atoms with van der Waals surface area (Å²) in [7, 11) is 0. The van der Waals surface area contributed by atoms with E-state index in [-0.39, 0.29) is 24.3 Å². The number of hydrogen-bond acceptors (Lipinski definition) is 9. The Labute approximate surface area is 260 Å². The Morgan fingerprint density at radius 3 is 2.53 bits per heavy atom. The van der Waals surface area contributed by atoms with Gasteiger partial charge in [0.15, 0.2) is 6.10 Å². The summed E-state index contributed by atoms with van der Waals surface area (Å²) >= 11 is 0. The third kappa shape index (κ3) is 6.91. The van der Waals surface area contributed by atoms with Crippen molar-refractivity contribution in [1.82, 2.24) is 19.8 Å². The summed E-state index contributed by atoms with van der Waals surface area (Å²) in [5.41, 5.74) is 3.40. The van der Waals surface area contributed by atoms with Gasteiger partial charge in [-0.2, -0.15) is 5.26 Å². The van der Waals surface area contributed by atoms with Gasteiger partial charge in [-0.3, -0.25) is 9.69 Å². The smallest absolute Gasteiger partial charge is 0.301 e. The molecule has 3 aliphatic heterocycles. The SMILES string of the molecule is CC(O)C(=O)N1CCC(Oc2ccc(-c3ccnc(Nc4ccc(C5CCN(C6COC6)CC5)cc4)n3)cc2C#N)C(F)(F)C1. The molecule has 2 aromatic carbocycles. The molecule has 0 saturated carbocycles. The number of nitrogens with one attached hydrogen (secondary N) is 1. The van der Waals surface area contributed by atoms with E-state index in [1.165, 1.54) is 18.6 Å². The van der Waals surface area contributed by atoms with Crippen LogP contribution in [0.2, 0.25) is 0 Å². The summed E-state index contributed by atoms with van der Waals surface area (Å²) in [6, 6.07) is 17.4. The van der Waals surface area contributed by atoms with Crippen LogP contribution in [0.25, 0.3) is 11.3 Å². The van der Waals surface area contributed by atoms with Crippen molar-refractivity contribution in [1.29, 1.82) is 5.26 Å². The van der Waals surface area contributed by atoms with Crippen LogP contribution < -0.4 is 10.1 Å². The zero-order chi connectivity index (χ0) is 31.6. The normalized spacial score (nSPS) is 21.4. The van der Waals surface area contributed by atoms with Gasteiger partial charge in [-0.05, 0) is 80.7 Å². The number of likely N-dealkylation sites (tertiary alicyclic amines) is 2. The number of anilines is 2. The highest BCUT2D eigenvalue weighted by Crippen LogP contribution is 2.35. The van der Waals surface area contributed by atoms with Crippen LogP contribution in [-0.2, 0) is 9.53 Å². The fraction of sp³-hybridized carbons (Fsp3) is 0.455. The lowest BCUT2D eigenvalue weighted by atomic mass is 9.88. The van der Waals surface area contributed by atoms with Crippen LogP contribution in [0.15, 0.2) is 54.7 Å². The van der Waals surface area contributed by atoms with Crippen molar-refractivity contribution in [3.63, 3.8) is 0 Å². The molecule has 0 aliphatic carbocycles. The van der Waals surface area contributed by atoms with Crippen LogP contribution in [0.1, 0.15) is 43.2 Å². The van der Waals surface area contributed by atoms with Gasteiger partial charge in [-0.25, -0.2) is 18.7 Å². The largest absolute Gasteiger partial charge is 0.483 e. The molecule has 2 unspecified atom stereocenters. The molecule has 1 amide bonds. The number of alkyl halides is 2. The first-order valence-electron chi connectivity index (χ1n) is 15.3. The Bertz CT molecular complexity index is 1550. The number of piperidine rings is 2. The van der Waals surface area contributed by atoms with Crippen LogP contribution >= 0.6 is 0 Å². The van der Waals surface area contributed by atoms with Crippen LogP contribution in [0.3, 0.4) is 0 Å². The highest BCUT2D eigenvalue weighted by Gasteiger charge is 2.48. The first-order chi connectivity index (χ1) is 21.7. The molecule has 0 bridgehead atoms. The first kappa shape index (κ1) is 30.8. The molecule has 3 fully saturated rings. The van der Waals surface area contributed by atoms with E-state index in [9.17, 15) is 23.9 Å². The van der Waals surface area contributed by atoms with Gasteiger partial charge in [0.1, 0.15) is 17.9 Å². The Morgan fingerprint density at radius 2 is 1.89 bits per heavy atom. The van der Waals surface area contributed by atoms with Crippen molar-refractivity contribution in [2.24, 2.45) is 0 Å². The standard InChI is InChI=1S/C33H36F2N6O4/c1-21(42)31(43)41-15-11-30(33(34,35)20-41)45-29-7-4-24(16-25(29)17-36)28-8-12-37-32(39-28)38-26-5-2-22(3-6-26)23-9-13-40(14-10-23)27-18-44-19-27/h2-8,12,16,21,23,27,30,42H,9-11,13-15,18-20H2,1H3,(H,37,38,39). The first-order valence-corrected chi connectivity index (χ1v) is 15.3. The van der Waals surface area contributed by atoms with Gasteiger partial charge in [0.05, 0.1) is 37.1 Å². The maximum atomic E-state index is 14.9. The van der Waals surface area contributed by atoms with Crippen LogP contribution in [0, 0.1) is 11.3 Å². The van der Waals surface area contributed by atoms with E-state index in [1.807, 2.05) is 18.2 Å². The van der Waals surface area contributed by atoms with Crippen molar-refractivity contribution in [3.05, 3.63) is 65.9 Å². The minimum absolute atomic E-state index is 0.0132. The number of amides is 1. The number of benzene rings is 2. The van der Waals surface area contributed by atoms with Crippen molar-refractivity contribution in [2.75, 3.05) is 44.7 Å². The summed E-state index contributed by atoms with van der Waals surface area (Å²) in [5, 5.41) is 22.5. The monoisotopic (exact) mass is 618 g/mol. The number of carbonyl (C=O) groups is 1. The fourth-order valence-electron chi connectivity index (χ4n) is 6.13. The second-order valence-electron chi connectivity index (χ2n) is 11.9. The Hall–Kier alpha value is -4.18. The molecule has 4 heterocycles. The van der Waals surface area contributed by atoms with Crippen molar-refractivity contribution in [3.8, 4) is 23.1 Å². The zero-order valence-corrected chi connectivity index (χ0v) is 25.0. The summed E-state index contributed by atoms with van der Waals surface area (Å²) in [5.74, 6) is -3.17. The number of nitriles is 1. The summed E-state index contributed by atoms with van der Waals surface area (Å²) in [4.78, 5) is 24.4. The number of hydrogen-bond donors (Lipinski definition) is 2. The van der Waals surface area contributed by atoms with Gasteiger partial charge in [-0.1, -0.05) is 12.1 Å². The molecule has 2 atom stereocenters.